The van der Waals surface area contributed by atoms with E-state index in [4.69, 9.17) is 4.74 Å². The topological polar surface area (TPSA) is 56.6 Å². The molecule has 1 aliphatic rings. The number of rotatable bonds is 4. The van der Waals surface area contributed by atoms with Gasteiger partial charge < -0.3 is 14.5 Å². The number of ether oxygens (including phenoxy) is 1. The first-order valence-corrected chi connectivity index (χ1v) is 7.46. The van der Waals surface area contributed by atoms with Gasteiger partial charge in [-0.2, -0.15) is 5.26 Å². The van der Waals surface area contributed by atoms with Crippen molar-refractivity contribution >= 4 is 12.0 Å². The Bertz CT molecular complexity index is 579. The van der Waals surface area contributed by atoms with Gasteiger partial charge in [0.15, 0.2) is 0 Å². The molecule has 1 heterocycles. The van der Waals surface area contributed by atoms with Crippen LogP contribution in [0.3, 0.4) is 0 Å². The van der Waals surface area contributed by atoms with E-state index in [1.807, 2.05) is 44.3 Å². The second-order valence-electron chi connectivity index (χ2n) is 5.27. The van der Waals surface area contributed by atoms with Gasteiger partial charge in [0.25, 0.3) is 5.91 Å². The summed E-state index contributed by atoms with van der Waals surface area (Å²) in [5, 5.41) is 9.28. The normalized spacial score (nSPS) is 16.2. The third-order valence-corrected chi connectivity index (χ3v) is 3.64. The van der Waals surface area contributed by atoms with E-state index < -0.39 is 0 Å². The average molecular weight is 299 g/mol. The number of piperazine rings is 1. The van der Waals surface area contributed by atoms with E-state index in [1.165, 1.54) is 0 Å². The molecule has 1 aromatic carbocycles. The molecule has 0 bridgehead atoms. The van der Waals surface area contributed by atoms with Crippen molar-refractivity contribution in [2.75, 3.05) is 39.8 Å². The lowest BCUT2D eigenvalue weighted by molar-refractivity contribution is -0.128. The smallest absolute Gasteiger partial charge is 0.264 e. The maximum Gasteiger partial charge on any atom is 0.264 e. The van der Waals surface area contributed by atoms with Gasteiger partial charge in [0.1, 0.15) is 17.4 Å². The Morgan fingerprint density at radius 3 is 2.45 bits per heavy atom. The monoisotopic (exact) mass is 299 g/mol. The van der Waals surface area contributed by atoms with Crippen molar-refractivity contribution < 1.29 is 9.53 Å². The minimum absolute atomic E-state index is 0.175. The molecule has 0 saturated carbocycles. The SMILES string of the molecule is CCOc1ccc(/C=C(\C#N)C(=O)N2CCN(C)CC2)cc1. The van der Waals surface area contributed by atoms with Gasteiger partial charge in [-0.05, 0) is 37.7 Å². The second kappa shape index (κ2) is 7.62. The van der Waals surface area contributed by atoms with Crippen LogP contribution in [0.2, 0.25) is 0 Å². The van der Waals surface area contributed by atoms with Gasteiger partial charge >= 0.3 is 0 Å². The van der Waals surface area contributed by atoms with E-state index in [1.54, 1.807) is 11.0 Å². The van der Waals surface area contributed by atoms with Crippen molar-refractivity contribution in [3.63, 3.8) is 0 Å². The van der Waals surface area contributed by atoms with Crippen LogP contribution < -0.4 is 4.74 Å². The fourth-order valence-electron chi connectivity index (χ4n) is 2.32. The Morgan fingerprint density at radius 2 is 1.91 bits per heavy atom. The van der Waals surface area contributed by atoms with Gasteiger partial charge in [-0.25, -0.2) is 0 Å². The van der Waals surface area contributed by atoms with Crippen molar-refractivity contribution in [1.82, 2.24) is 9.80 Å². The number of likely N-dealkylation sites (N-methyl/N-ethyl adjacent to an activating group) is 1. The third-order valence-electron chi connectivity index (χ3n) is 3.64. The molecule has 116 valence electrons. The zero-order valence-corrected chi connectivity index (χ0v) is 13.1. The lowest BCUT2D eigenvalue weighted by Gasteiger charge is -2.32. The molecule has 5 heteroatoms. The Balaban J connectivity index is 2.09. The van der Waals surface area contributed by atoms with Crippen LogP contribution in [0.25, 0.3) is 6.08 Å². The fourth-order valence-corrected chi connectivity index (χ4v) is 2.32. The molecule has 1 saturated heterocycles. The maximum atomic E-state index is 12.4. The zero-order chi connectivity index (χ0) is 15.9. The highest BCUT2D eigenvalue weighted by atomic mass is 16.5. The van der Waals surface area contributed by atoms with Gasteiger partial charge in [-0.3, -0.25) is 4.79 Å². The van der Waals surface area contributed by atoms with Gasteiger partial charge in [0.2, 0.25) is 0 Å². The number of amides is 1. The van der Waals surface area contributed by atoms with Crippen LogP contribution in [-0.4, -0.2) is 55.5 Å². The van der Waals surface area contributed by atoms with Gasteiger partial charge in [-0.1, -0.05) is 12.1 Å². The number of carbonyl (C=O) groups is 1. The summed E-state index contributed by atoms with van der Waals surface area (Å²) in [5.41, 5.74) is 0.996. The Labute approximate surface area is 131 Å². The van der Waals surface area contributed by atoms with Crippen LogP contribution in [0.1, 0.15) is 12.5 Å². The van der Waals surface area contributed by atoms with Crippen molar-refractivity contribution in [3.8, 4) is 11.8 Å². The molecular formula is C17H21N3O2. The predicted molar refractivity (Wildman–Crippen MR) is 85.3 cm³/mol. The van der Waals surface area contributed by atoms with Crippen LogP contribution in [0, 0.1) is 11.3 Å². The molecule has 1 amide bonds. The van der Waals surface area contributed by atoms with Crippen molar-refractivity contribution in [1.29, 1.82) is 5.26 Å². The Morgan fingerprint density at radius 1 is 1.27 bits per heavy atom. The highest BCUT2D eigenvalue weighted by Gasteiger charge is 2.21. The molecule has 1 fully saturated rings. The van der Waals surface area contributed by atoms with E-state index in [-0.39, 0.29) is 11.5 Å². The molecule has 1 aliphatic heterocycles. The number of nitrogens with zero attached hydrogens (tertiary/aromatic N) is 3. The van der Waals surface area contributed by atoms with E-state index in [2.05, 4.69) is 4.90 Å². The number of hydrogen-bond acceptors (Lipinski definition) is 4. The molecular weight excluding hydrogens is 278 g/mol. The number of hydrogen-bond donors (Lipinski definition) is 0. The van der Waals surface area contributed by atoms with E-state index >= 15 is 0 Å². The summed E-state index contributed by atoms with van der Waals surface area (Å²) in [6, 6.07) is 9.39. The first kappa shape index (κ1) is 16.1. The fraction of sp³-hybridized carbons (Fsp3) is 0.412. The molecule has 0 spiro atoms. The molecule has 0 atom stereocenters. The third kappa shape index (κ3) is 4.09. The lowest BCUT2D eigenvalue weighted by atomic mass is 10.1. The standard InChI is InChI=1S/C17H21N3O2/c1-3-22-16-6-4-14(5-7-16)12-15(13-18)17(21)20-10-8-19(2)9-11-20/h4-7,12H,3,8-11H2,1-2H3/b15-12+. The van der Waals surface area contributed by atoms with Crippen molar-refractivity contribution in [2.24, 2.45) is 0 Å². The highest BCUT2D eigenvalue weighted by Crippen LogP contribution is 2.15. The highest BCUT2D eigenvalue weighted by molar-refractivity contribution is 6.01. The summed E-state index contributed by atoms with van der Waals surface area (Å²) < 4.78 is 5.38. The first-order chi connectivity index (χ1) is 10.6. The van der Waals surface area contributed by atoms with E-state index in [9.17, 15) is 10.1 Å². The van der Waals surface area contributed by atoms with Crippen molar-refractivity contribution in [3.05, 3.63) is 35.4 Å². The first-order valence-electron chi connectivity index (χ1n) is 7.46. The Kier molecular flexibility index (Phi) is 5.56. The van der Waals surface area contributed by atoms with Crippen LogP contribution >= 0.6 is 0 Å². The van der Waals surface area contributed by atoms with Crippen LogP contribution in [0.15, 0.2) is 29.8 Å². The minimum Gasteiger partial charge on any atom is -0.494 e. The molecule has 5 nitrogen and oxygen atoms in total. The van der Waals surface area contributed by atoms with Crippen molar-refractivity contribution in [2.45, 2.75) is 6.92 Å². The molecule has 0 unspecified atom stereocenters. The summed E-state index contributed by atoms with van der Waals surface area (Å²) in [7, 11) is 2.03. The Hall–Kier alpha value is -2.32. The van der Waals surface area contributed by atoms with E-state index in [0.29, 0.717) is 19.7 Å². The number of benzene rings is 1. The molecule has 1 aromatic rings. The summed E-state index contributed by atoms with van der Waals surface area (Å²) in [5.74, 6) is 0.591. The second-order valence-corrected chi connectivity index (χ2v) is 5.27. The van der Waals surface area contributed by atoms with Crippen LogP contribution in [0.5, 0.6) is 5.75 Å². The molecule has 2 rings (SSSR count). The number of carbonyl (C=O) groups excluding carboxylic acids is 1. The largest absolute Gasteiger partial charge is 0.494 e. The molecule has 0 aromatic heterocycles. The molecule has 22 heavy (non-hydrogen) atoms. The molecule has 0 radical (unpaired) electrons. The minimum atomic E-state index is -0.190. The average Bonchev–Trinajstić information content (AvgIpc) is 2.54. The van der Waals surface area contributed by atoms with Gasteiger partial charge in [-0.15, -0.1) is 0 Å². The molecule has 0 N–H and O–H groups in total. The quantitative estimate of drug-likeness (QED) is 0.628. The maximum absolute atomic E-state index is 12.4. The van der Waals surface area contributed by atoms with Gasteiger partial charge in [0, 0.05) is 26.2 Å². The van der Waals surface area contributed by atoms with E-state index in [0.717, 1.165) is 24.4 Å². The summed E-state index contributed by atoms with van der Waals surface area (Å²) in [6.07, 6.45) is 1.64. The van der Waals surface area contributed by atoms with Crippen LogP contribution in [-0.2, 0) is 4.79 Å². The van der Waals surface area contributed by atoms with Gasteiger partial charge in [0.05, 0.1) is 6.61 Å². The number of nitriles is 1. The molecule has 0 aliphatic carbocycles. The summed E-state index contributed by atoms with van der Waals surface area (Å²) in [4.78, 5) is 16.3. The predicted octanol–water partition coefficient (Wildman–Crippen LogP) is 1.77. The lowest BCUT2D eigenvalue weighted by Crippen LogP contribution is -2.47. The zero-order valence-electron chi connectivity index (χ0n) is 13.1. The summed E-state index contributed by atoms with van der Waals surface area (Å²) in [6.45, 7) is 5.55. The summed E-state index contributed by atoms with van der Waals surface area (Å²) >= 11 is 0. The van der Waals surface area contributed by atoms with Crippen LogP contribution in [0.4, 0.5) is 0 Å².